The number of aryl methyl sites for hydroxylation is 1. The highest BCUT2D eigenvalue weighted by molar-refractivity contribution is 5.55. The maximum Gasteiger partial charge on any atom is 0.158 e. The number of hydrogen-bond acceptors (Lipinski definition) is 6. The van der Waals surface area contributed by atoms with Crippen molar-refractivity contribution >= 4 is 0 Å². The number of aromatic nitrogens is 7. The largest absolute Gasteiger partial charge is 0.391 e. The highest BCUT2D eigenvalue weighted by Crippen LogP contribution is 2.18. The van der Waals surface area contributed by atoms with Crippen LogP contribution in [0.3, 0.4) is 0 Å². The molecule has 1 aromatic carbocycles. The molecule has 0 fully saturated rings. The van der Waals surface area contributed by atoms with Crippen LogP contribution in [0.5, 0.6) is 0 Å². The van der Waals surface area contributed by atoms with E-state index in [4.69, 9.17) is 0 Å². The molecule has 3 rings (SSSR count). The summed E-state index contributed by atoms with van der Waals surface area (Å²) in [4.78, 5) is 4.30. The van der Waals surface area contributed by atoms with Gasteiger partial charge in [-0.15, -0.1) is 5.10 Å². The Labute approximate surface area is 133 Å². The van der Waals surface area contributed by atoms with Crippen molar-refractivity contribution in [3.63, 3.8) is 0 Å². The predicted octanol–water partition coefficient (Wildman–Crippen LogP) is 1.06. The van der Waals surface area contributed by atoms with Gasteiger partial charge in [-0.3, -0.25) is 0 Å². The first-order valence-corrected chi connectivity index (χ1v) is 7.55. The van der Waals surface area contributed by atoms with E-state index in [1.165, 1.54) is 6.33 Å². The van der Waals surface area contributed by atoms with Gasteiger partial charge in [-0.2, -0.15) is 5.10 Å². The number of rotatable bonds is 6. The van der Waals surface area contributed by atoms with Crippen molar-refractivity contribution in [1.82, 2.24) is 35.0 Å². The van der Waals surface area contributed by atoms with Gasteiger partial charge < -0.3 is 5.11 Å². The fraction of sp³-hybridized carbons (Fsp3) is 0.400. The highest BCUT2D eigenvalue weighted by atomic mass is 16.3. The monoisotopic (exact) mass is 313 g/mol. The molecular weight excluding hydrogens is 294 g/mol. The molecular formula is C15H19N7O. The zero-order valence-corrected chi connectivity index (χ0v) is 13.2. The summed E-state index contributed by atoms with van der Waals surface area (Å²) in [6.45, 7) is 4.88. The van der Waals surface area contributed by atoms with Crippen LogP contribution >= 0.6 is 0 Å². The molecule has 120 valence electrons. The third kappa shape index (κ3) is 3.42. The van der Waals surface area contributed by atoms with Crippen LogP contribution in [0, 0.1) is 6.92 Å². The van der Waals surface area contributed by atoms with E-state index in [9.17, 15) is 5.11 Å². The zero-order valence-electron chi connectivity index (χ0n) is 13.2. The van der Waals surface area contributed by atoms with Crippen molar-refractivity contribution in [2.75, 3.05) is 0 Å². The van der Waals surface area contributed by atoms with Crippen LogP contribution in [0.25, 0.3) is 11.4 Å². The van der Waals surface area contributed by atoms with Gasteiger partial charge in [0.1, 0.15) is 12.2 Å². The molecule has 2 aromatic heterocycles. The topological polar surface area (TPSA) is 94.5 Å². The normalized spacial score (nSPS) is 12.5. The molecule has 1 unspecified atom stereocenters. The minimum Gasteiger partial charge on any atom is -0.391 e. The molecule has 1 N–H and O–H groups in total. The smallest absolute Gasteiger partial charge is 0.158 e. The molecule has 0 bridgehead atoms. The van der Waals surface area contributed by atoms with Crippen LogP contribution in [-0.4, -0.2) is 46.2 Å². The van der Waals surface area contributed by atoms with Crippen molar-refractivity contribution in [2.24, 2.45) is 0 Å². The Balaban J connectivity index is 1.77. The van der Waals surface area contributed by atoms with E-state index in [1.807, 2.05) is 38.1 Å². The maximum atomic E-state index is 9.80. The van der Waals surface area contributed by atoms with Crippen LogP contribution in [0.1, 0.15) is 24.7 Å². The molecule has 8 nitrogen and oxygen atoms in total. The number of benzene rings is 1. The summed E-state index contributed by atoms with van der Waals surface area (Å²) in [5, 5.41) is 25.5. The van der Waals surface area contributed by atoms with Gasteiger partial charge in [-0.05, 0) is 29.3 Å². The highest BCUT2D eigenvalue weighted by Gasteiger charge is 2.11. The third-order valence-electron chi connectivity index (χ3n) is 3.73. The molecule has 0 radical (unpaired) electrons. The summed E-state index contributed by atoms with van der Waals surface area (Å²) in [5.41, 5.74) is 2.06. The lowest BCUT2D eigenvalue weighted by Crippen LogP contribution is -2.16. The quantitative estimate of drug-likeness (QED) is 0.731. The Morgan fingerprint density at radius 1 is 1.17 bits per heavy atom. The number of aliphatic hydroxyl groups excluding tert-OH is 1. The standard InChI is InChI=1S/C15H19N7O/c1-3-14(23)9-22-15(16-10-17-22)13-6-4-12(5-7-13)8-21-11(2)18-19-20-21/h4-7,10,14,23H,3,8-9H2,1-2H3. The van der Waals surface area contributed by atoms with Crippen LogP contribution in [0.2, 0.25) is 0 Å². The summed E-state index contributed by atoms with van der Waals surface area (Å²) in [5.74, 6) is 1.53. The molecule has 0 aliphatic carbocycles. The van der Waals surface area contributed by atoms with Gasteiger partial charge in [0.2, 0.25) is 0 Å². The van der Waals surface area contributed by atoms with Gasteiger partial charge in [0, 0.05) is 5.56 Å². The molecule has 23 heavy (non-hydrogen) atoms. The second kappa shape index (κ2) is 6.66. The fourth-order valence-electron chi connectivity index (χ4n) is 2.28. The van der Waals surface area contributed by atoms with E-state index in [1.54, 1.807) is 9.36 Å². The van der Waals surface area contributed by atoms with E-state index in [2.05, 4.69) is 25.6 Å². The van der Waals surface area contributed by atoms with Crippen molar-refractivity contribution in [3.05, 3.63) is 42.0 Å². The number of aliphatic hydroxyl groups is 1. The first-order chi connectivity index (χ1) is 11.2. The zero-order chi connectivity index (χ0) is 16.2. The van der Waals surface area contributed by atoms with Crippen molar-refractivity contribution < 1.29 is 5.11 Å². The summed E-state index contributed by atoms with van der Waals surface area (Å²) in [6, 6.07) is 8.03. The Bertz CT molecular complexity index is 762. The Kier molecular flexibility index (Phi) is 4.42. The van der Waals surface area contributed by atoms with E-state index in [0.29, 0.717) is 19.5 Å². The first-order valence-electron chi connectivity index (χ1n) is 7.55. The molecule has 1 atom stereocenters. The van der Waals surface area contributed by atoms with Gasteiger partial charge in [0.25, 0.3) is 0 Å². The third-order valence-corrected chi connectivity index (χ3v) is 3.73. The lowest BCUT2D eigenvalue weighted by atomic mass is 10.1. The summed E-state index contributed by atoms with van der Waals surface area (Å²) < 4.78 is 3.48. The Morgan fingerprint density at radius 3 is 2.61 bits per heavy atom. The second-order valence-electron chi connectivity index (χ2n) is 5.41. The predicted molar refractivity (Wildman–Crippen MR) is 83.4 cm³/mol. The van der Waals surface area contributed by atoms with Gasteiger partial charge >= 0.3 is 0 Å². The average Bonchev–Trinajstić information content (AvgIpc) is 3.18. The Hall–Kier alpha value is -2.61. The summed E-state index contributed by atoms with van der Waals surface area (Å²) >= 11 is 0. The van der Waals surface area contributed by atoms with Gasteiger partial charge in [-0.1, -0.05) is 31.2 Å². The van der Waals surface area contributed by atoms with Crippen molar-refractivity contribution in [2.45, 2.75) is 39.5 Å². The van der Waals surface area contributed by atoms with Crippen LogP contribution in [0.4, 0.5) is 0 Å². The average molecular weight is 313 g/mol. The van der Waals surface area contributed by atoms with E-state index < -0.39 is 6.10 Å². The van der Waals surface area contributed by atoms with Crippen molar-refractivity contribution in [3.8, 4) is 11.4 Å². The lowest BCUT2D eigenvalue weighted by Gasteiger charge is -2.10. The van der Waals surface area contributed by atoms with Crippen LogP contribution < -0.4 is 0 Å². The van der Waals surface area contributed by atoms with E-state index in [-0.39, 0.29) is 0 Å². The molecule has 0 amide bonds. The fourth-order valence-corrected chi connectivity index (χ4v) is 2.28. The van der Waals surface area contributed by atoms with Crippen molar-refractivity contribution in [1.29, 1.82) is 0 Å². The Morgan fingerprint density at radius 2 is 1.96 bits per heavy atom. The lowest BCUT2D eigenvalue weighted by molar-refractivity contribution is 0.146. The SMILES string of the molecule is CCC(O)Cn1ncnc1-c1ccc(Cn2nnnc2C)cc1. The summed E-state index contributed by atoms with van der Waals surface area (Å²) in [7, 11) is 0. The van der Waals surface area contributed by atoms with E-state index >= 15 is 0 Å². The maximum absolute atomic E-state index is 9.80. The molecule has 0 saturated carbocycles. The molecule has 0 saturated heterocycles. The van der Waals surface area contributed by atoms with Gasteiger partial charge in [-0.25, -0.2) is 14.3 Å². The summed E-state index contributed by atoms with van der Waals surface area (Å²) in [6.07, 6.45) is 1.78. The second-order valence-corrected chi connectivity index (χ2v) is 5.41. The van der Waals surface area contributed by atoms with Gasteiger partial charge in [0.15, 0.2) is 5.82 Å². The molecule has 0 spiro atoms. The minimum atomic E-state index is -0.419. The van der Waals surface area contributed by atoms with Crippen LogP contribution in [0.15, 0.2) is 30.6 Å². The number of nitrogens with zero attached hydrogens (tertiary/aromatic N) is 7. The molecule has 2 heterocycles. The number of hydrogen-bond donors (Lipinski definition) is 1. The minimum absolute atomic E-state index is 0.419. The molecule has 3 aromatic rings. The molecule has 8 heteroatoms. The van der Waals surface area contributed by atoms with E-state index in [0.717, 1.165) is 22.8 Å². The number of tetrazole rings is 1. The molecule has 0 aliphatic heterocycles. The van der Waals surface area contributed by atoms with Crippen LogP contribution in [-0.2, 0) is 13.1 Å². The first kappa shape index (κ1) is 15.3. The van der Waals surface area contributed by atoms with Gasteiger partial charge in [0.05, 0.1) is 19.2 Å². The molecule has 0 aliphatic rings.